The number of amides is 1. The molecule has 2 bridgehead atoms. The molecule has 1 aromatic rings. The van der Waals surface area contributed by atoms with Gasteiger partial charge in [-0.3, -0.25) is 19.2 Å². The number of hydrogen-bond acceptors (Lipinski definition) is 15. The van der Waals surface area contributed by atoms with Gasteiger partial charge in [-0.15, -0.1) is 10.2 Å². The average Bonchev–Trinajstić information content (AvgIpc) is 3.88. The van der Waals surface area contributed by atoms with Crippen molar-refractivity contribution < 1.29 is 57.9 Å². The number of hydrogen-bond donors (Lipinski definition) is 2. The predicted molar refractivity (Wildman–Crippen MR) is 256 cm³/mol. The topological polar surface area (TPSA) is 219 Å². The van der Waals surface area contributed by atoms with Crippen LogP contribution in [0.3, 0.4) is 0 Å². The molecule has 0 radical (unpaired) electrons. The number of aliphatic hydroxyl groups is 2. The number of aromatic nitrogens is 4. The second kappa shape index (κ2) is 25.7. The van der Waals surface area contributed by atoms with Crippen LogP contribution in [0.4, 0.5) is 0 Å². The molecule has 3 fully saturated rings. The van der Waals surface area contributed by atoms with E-state index in [9.17, 15) is 34.2 Å². The number of Topliss-reactive ketones (excluding diaryl/α,β-unsaturated/α-hetero) is 3. The van der Waals surface area contributed by atoms with Gasteiger partial charge in [0.15, 0.2) is 17.9 Å². The van der Waals surface area contributed by atoms with E-state index in [1.54, 1.807) is 45.9 Å². The largest absolute Gasteiger partial charge is 0.460 e. The Kier molecular flexibility index (Phi) is 20.8. The molecule has 0 aromatic carbocycles. The standard InChI is InChI=1S/C52H79N5O12/c1-31-16-12-11-13-17-32(2)43(65-8)28-39-21-19-37(7)52(64,69-39)49(61)50(62)56-23-15-14-18-41(56)51(63)68-44(34(4)26-38-20-22-40(45(27-38)66-9)57-54-30-53-55-57)29-42(58)33(3)25-36(6)47(60)48(67-10)46(59)35(5)24-31/h11-13,16-17,25,30-31,34-41,43-45,47-48,60,64H,14-15,18-24,26-29H2,1-10H3/t31-,34-,35-,36?,37-,38+,39+,40+,41+,43+,44+,45-,47-,48?,52-/m1/s1. The molecular weight excluding hydrogens is 887 g/mol. The molecule has 0 spiro atoms. The van der Waals surface area contributed by atoms with Gasteiger partial charge in [0.05, 0.1) is 30.5 Å². The Hall–Kier alpha value is -4.26. The number of ketones is 3. The smallest absolute Gasteiger partial charge is 0.329 e. The Labute approximate surface area is 408 Å². The van der Waals surface area contributed by atoms with Gasteiger partial charge in [-0.2, -0.15) is 4.80 Å². The lowest BCUT2D eigenvalue weighted by atomic mass is 9.78. The summed E-state index contributed by atoms with van der Waals surface area (Å²) in [7, 11) is 4.62. The van der Waals surface area contributed by atoms with Crippen molar-refractivity contribution in [1.29, 1.82) is 0 Å². The molecule has 17 nitrogen and oxygen atoms in total. The maximum Gasteiger partial charge on any atom is 0.329 e. The summed E-state index contributed by atoms with van der Waals surface area (Å²) < 4.78 is 29.9. The molecule has 2 N–H and O–H groups in total. The van der Waals surface area contributed by atoms with Crippen LogP contribution in [-0.4, -0.2) is 141 Å². The Bertz CT molecular complexity index is 2020. The molecule has 3 aliphatic heterocycles. The number of esters is 1. The number of allylic oxidation sites excluding steroid dienone is 6. The first-order valence-electron chi connectivity index (χ1n) is 25.0. The summed E-state index contributed by atoms with van der Waals surface area (Å²) in [4.78, 5) is 73.9. The molecule has 1 saturated carbocycles. The van der Waals surface area contributed by atoms with E-state index in [0.717, 1.165) is 18.4 Å². The molecule has 5 rings (SSSR count). The van der Waals surface area contributed by atoms with Crippen molar-refractivity contribution in [2.45, 2.75) is 180 Å². The highest BCUT2D eigenvalue weighted by molar-refractivity contribution is 6.39. The molecule has 17 heteroatoms. The van der Waals surface area contributed by atoms with Crippen LogP contribution >= 0.6 is 0 Å². The van der Waals surface area contributed by atoms with Crippen molar-refractivity contribution in [1.82, 2.24) is 25.1 Å². The van der Waals surface area contributed by atoms with Crippen LogP contribution < -0.4 is 0 Å². The van der Waals surface area contributed by atoms with Gasteiger partial charge >= 0.3 is 5.97 Å². The second-order valence-electron chi connectivity index (χ2n) is 20.4. The van der Waals surface area contributed by atoms with Gasteiger partial charge in [0, 0.05) is 58.5 Å². The van der Waals surface area contributed by atoms with Crippen molar-refractivity contribution in [3.8, 4) is 0 Å². The van der Waals surface area contributed by atoms with Crippen LogP contribution in [0.2, 0.25) is 0 Å². The zero-order chi connectivity index (χ0) is 50.6. The van der Waals surface area contributed by atoms with E-state index >= 15 is 0 Å². The van der Waals surface area contributed by atoms with Crippen LogP contribution in [0.1, 0.15) is 132 Å². The third kappa shape index (κ3) is 14.2. The third-order valence-electron chi connectivity index (χ3n) is 15.2. The van der Waals surface area contributed by atoms with Crippen LogP contribution in [0.25, 0.3) is 0 Å². The third-order valence-corrected chi connectivity index (χ3v) is 15.2. The van der Waals surface area contributed by atoms with E-state index in [4.69, 9.17) is 23.7 Å². The number of cyclic esters (lactones) is 1. The van der Waals surface area contributed by atoms with Crippen LogP contribution in [0, 0.1) is 35.5 Å². The van der Waals surface area contributed by atoms with Gasteiger partial charge in [-0.25, -0.2) is 4.79 Å². The number of carbonyl (C=O) groups excluding carboxylic acids is 5. The normalized spacial score (nSPS) is 36.3. The number of carbonyl (C=O) groups is 5. The first-order valence-corrected chi connectivity index (χ1v) is 25.0. The highest BCUT2D eigenvalue weighted by atomic mass is 16.6. The van der Waals surface area contributed by atoms with Gasteiger partial charge in [-0.1, -0.05) is 71.1 Å². The molecule has 4 heterocycles. The number of piperidine rings is 1. The zero-order valence-corrected chi connectivity index (χ0v) is 42.5. The number of methoxy groups -OCH3 is 3. The molecule has 1 aliphatic carbocycles. The number of ether oxygens (including phenoxy) is 5. The lowest BCUT2D eigenvalue weighted by molar-refractivity contribution is -0.265. The summed E-state index contributed by atoms with van der Waals surface area (Å²) >= 11 is 0. The lowest BCUT2D eigenvalue weighted by Crippen LogP contribution is -2.61. The van der Waals surface area contributed by atoms with Gasteiger partial charge in [0.2, 0.25) is 5.79 Å². The van der Waals surface area contributed by atoms with Gasteiger partial charge in [-0.05, 0) is 112 Å². The average molecular weight is 966 g/mol. The first kappa shape index (κ1) is 55.7. The van der Waals surface area contributed by atoms with Crippen molar-refractivity contribution >= 4 is 29.2 Å². The van der Waals surface area contributed by atoms with Crippen LogP contribution in [-0.2, 0) is 47.7 Å². The van der Waals surface area contributed by atoms with Crippen molar-refractivity contribution in [3.63, 3.8) is 0 Å². The second-order valence-corrected chi connectivity index (χ2v) is 20.4. The summed E-state index contributed by atoms with van der Waals surface area (Å²) in [5, 5.41) is 35.7. The summed E-state index contributed by atoms with van der Waals surface area (Å²) in [5.74, 6) is -7.91. The quantitative estimate of drug-likeness (QED) is 0.235. The van der Waals surface area contributed by atoms with Crippen molar-refractivity contribution in [2.24, 2.45) is 35.5 Å². The van der Waals surface area contributed by atoms with Crippen molar-refractivity contribution in [2.75, 3.05) is 27.9 Å². The number of rotatable bonds is 7. The molecule has 15 atom stereocenters. The minimum atomic E-state index is -2.43. The van der Waals surface area contributed by atoms with Crippen molar-refractivity contribution in [3.05, 3.63) is 53.9 Å². The van der Waals surface area contributed by atoms with Crippen LogP contribution in [0.15, 0.2) is 53.9 Å². The highest BCUT2D eigenvalue weighted by Gasteiger charge is 2.53. The van der Waals surface area contributed by atoms with Gasteiger partial charge < -0.3 is 38.8 Å². The van der Waals surface area contributed by atoms with E-state index in [1.807, 2.05) is 58.1 Å². The minimum absolute atomic E-state index is 0.0195. The van der Waals surface area contributed by atoms with Gasteiger partial charge in [0.25, 0.3) is 11.7 Å². The van der Waals surface area contributed by atoms with E-state index in [1.165, 1.54) is 18.3 Å². The highest BCUT2D eigenvalue weighted by Crippen LogP contribution is 2.39. The molecule has 384 valence electrons. The van der Waals surface area contributed by atoms with E-state index in [-0.39, 0.29) is 60.9 Å². The summed E-state index contributed by atoms with van der Waals surface area (Å²) in [6, 6.07) is -1.25. The molecule has 69 heavy (non-hydrogen) atoms. The Morgan fingerprint density at radius 1 is 0.899 bits per heavy atom. The molecule has 1 amide bonds. The first-order chi connectivity index (χ1) is 32.8. The molecule has 4 aliphatic rings. The predicted octanol–water partition coefficient (Wildman–Crippen LogP) is 6.05. The molecule has 2 unspecified atom stereocenters. The van der Waals surface area contributed by atoms with E-state index in [0.29, 0.717) is 56.9 Å². The Balaban J connectivity index is 1.46. The number of tetrazole rings is 1. The Morgan fingerprint density at radius 3 is 2.33 bits per heavy atom. The molecule has 1 aromatic heterocycles. The summed E-state index contributed by atoms with van der Waals surface area (Å²) in [5.41, 5.74) is 1.20. The maximum atomic E-state index is 14.5. The van der Waals surface area contributed by atoms with Gasteiger partial charge in [0.1, 0.15) is 18.2 Å². The molecular formula is C52H79N5O12. The lowest BCUT2D eigenvalue weighted by Gasteiger charge is -2.42. The maximum absolute atomic E-state index is 14.5. The molecule has 2 saturated heterocycles. The van der Waals surface area contributed by atoms with Crippen LogP contribution in [0.5, 0.6) is 0 Å². The number of aliphatic hydroxyl groups excluding tert-OH is 1. The fourth-order valence-electron chi connectivity index (χ4n) is 10.7. The van der Waals surface area contributed by atoms with E-state index in [2.05, 4.69) is 15.4 Å². The minimum Gasteiger partial charge on any atom is -0.460 e. The Morgan fingerprint density at radius 2 is 1.65 bits per heavy atom. The van der Waals surface area contributed by atoms with E-state index < -0.39 is 77.8 Å². The monoisotopic (exact) mass is 966 g/mol. The zero-order valence-electron chi connectivity index (χ0n) is 42.5. The number of fused-ring (bicyclic) bond motifs is 3. The fraction of sp³-hybridized carbons (Fsp3) is 0.731. The number of nitrogens with zero attached hydrogens (tertiary/aromatic N) is 5. The SMILES string of the molecule is COC1C(=O)[C@H](C)C[C@H](C)C=CC=CC=C(C)[C@@H](OC)C[C@@H]2CC[C@@H](C)[C@@](O)(O2)C(=O)C(=O)N2CCCC[C@H]2C(=O)O[C@H]([C@H](C)C[C@@H]2CC[C@H](n3ncnn3)[C@H](OC)C2)CC(=O)C(C)=CC(C)[C@H]1O. The summed E-state index contributed by atoms with van der Waals surface area (Å²) in [6.07, 6.45) is 13.7. The fourth-order valence-corrected chi connectivity index (χ4v) is 10.7. The summed E-state index contributed by atoms with van der Waals surface area (Å²) in [6.45, 7) is 12.8.